The third-order valence-corrected chi connectivity index (χ3v) is 10.5. The van der Waals surface area contributed by atoms with Crippen LogP contribution >= 0.6 is 0 Å². The minimum Gasteiger partial charge on any atom is -0.298 e. The highest BCUT2D eigenvalue weighted by Gasteiger charge is 2.71. The van der Waals surface area contributed by atoms with Crippen molar-refractivity contribution in [1.82, 2.24) is 0 Å². The van der Waals surface area contributed by atoms with Crippen molar-refractivity contribution in [3.63, 3.8) is 0 Å². The van der Waals surface area contributed by atoms with Gasteiger partial charge < -0.3 is 0 Å². The molecule has 0 aromatic heterocycles. The summed E-state index contributed by atoms with van der Waals surface area (Å²) < 4.78 is 29.2. The summed E-state index contributed by atoms with van der Waals surface area (Å²) >= 11 is 0. The lowest BCUT2D eigenvalue weighted by atomic mass is 9.33. The summed E-state index contributed by atoms with van der Waals surface area (Å²) in [5, 5.41) is 0. The third kappa shape index (κ3) is 2.80. The zero-order valence-electron chi connectivity index (χ0n) is 19.1. The Bertz CT molecular complexity index is 889. The molecule has 5 aliphatic carbocycles. The van der Waals surface area contributed by atoms with Crippen LogP contribution < -0.4 is 0 Å². The number of allylic oxidation sites excluding steroid dienone is 2. The second kappa shape index (κ2) is 7.03. The summed E-state index contributed by atoms with van der Waals surface area (Å²) in [5.41, 5.74) is 1.49. The first-order valence-electron chi connectivity index (χ1n) is 11.7. The van der Waals surface area contributed by atoms with Gasteiger partial charge in [-0.3, -0.25) is 8.98 Å². The van der Waals surface area contributed by atoms with Gasteiger partial charge in [-0.15, -0.1) is 0 Å². The van der Waals surface area contributed by atoms with Crippen LogP contribution in [0.4, 0.5) is 0 Å². The van der Waals surface area contributed by atoms with Gasteiger partial charge >= 0.3 is 0 Å². The molecule has 3 unspecified atom stereocenters. The van der Waals surface area contributed by atoms with E-state index in [9.17, 15) is 13.2 Å². The normalized spacial score (nSPS) is 45.9. The van der Waals surface area contributed by atoms with Crippen LogP contribution in [0.2, 0.25) is 0 Å². The van der Waals surface area contributed by atoms with Gasteiger partial charge in [0.2, 0.25) is 0 Å². The monoisotopic (exact) mass is 434 g/mol. The highest BCUT2D eigenvalue weighted by molar-refractivity contribution is 7.85. The van der Waals surface area contributed by atoms with Gasteiger partial charge in [-0.25, -0.2) is 0 Å². The summed E-state index contributed by atoms with van der Waals surface area (Å²) in [5.74, 6) is 0.681. The maximum atomic E-state index is 14.4. The van der Waals surface area contributed by atoms with Gasteiger partial charge in [0.05, 0.1) is 18.3 Å². The average Bonchev–Trinajstić information content (AvgIpc) is 2.71. The molecule has 0 radical (unpaired) electrons. The molecule has 30 heavy (non-hydrogen) atoms. The lowest BCUT2D eigenvalue weighted by molar-refractivity contribution is -0.199. The molecule has 2 bridgehead atoms. The topological polar surface area (TPSA) is 60.4 Å². The summed E-state index contributed by atoms with van der Waals surface area (Å²) in [6.45, 7) is 15.6. The molecule has 0 aliphatic heterocycles. The van der Waals surface area contributed by atoms with Crippen LogP contribution in [0.5, 0.6) is 0 Å². The van der Waals surface area contributed by atoms with E-state index in [1.54, 1.807) is 0 Å². The number of fused-ring (bicyclic) bond motifs is 3. The first-order chi connectivity index (χ1) is 14.0. The molecular formula is C25H38O4S. The Morgan fingerprint density at radius 1 is 1.13 bits per heavy atom. The molecule has 4 nitrogen and oxygen atoms in total. The highest BCUT2D eigenvalue weighted by atomic mass is 32.2. The first kappa shape index (κ1) is 22.3. The zero-order chi connectivity index (χ0) is 22.1. The van der Waals surface area contributed by atoms with E-state index in [2.05, 4.69) is 33.9 Å². The zero-order valence-corrected chi connectivity index (χ0v) is 19.9. The van der Waals surface area contributed by atoms with Crippen LogP contribution in [0.1, 0.15) is 72.1 Å². The maximum Gasteiger partial charge on any atom is 0.264 e. The highest BCUT2D eigenvalue weighted by Crippen LogP contribution is 2.74. The largest absolute Gasteiger partial charge is 0.298 e. The molecule has 0 aromatic rings. The van der Waals surface area contributed by atoms with Crippen molar-refractivity contribution in [3.05, 3.63) is 24.3 Å². The number of ketones is 1. The van der Waals surface area contributed by atoms with Gasteiger partial charge in [0.25, 0.3) is 10.1 Å². The summed E-state index contributed by atoms with van der Waals surface area (Å²) in [4.78, 5) is 14.4. The van der Waals surface area contributed by atoms with E-state index in [1.165, 1.54) is 6.42 Å². The summed E-state index contributed by atoms with van der Waals surface area (Å²) in [6.07, 6.45) is 9.36. The Morgan fingerprint density at radius 3 is 2.43 bits per heavy atom. The van der Waals surface area contributed by atoms with E-state index in [1.807, 2.05) is 0 Å². The fourth-order valence-electron chi connectivity index (χ4n) is 8.55. The van der Waals surface area contributed by atoms with E-state index < -0.39 is 21.5 Å². The van der Waals surface area contributed by atoms with Crippen LogP contribution in [0.15, 0.2) is 24.3 Å². The number of carbonyl (C=O) groups excluding carboxylic acids is 1. The van der Waals surface area contributed by atoms with Gasteiger partial charge in [-0.1, -0.05) is 46.8 Å². The molecule has 0 N–H and O–H groups in total. The molecule has 0 heterocycles. The van der Waals surface area contributed by atoms with Crippen LogP contribution in [-0.2, 0) is 19.1 Å². The van der Waals surface area contributed by atoms with Crippen molar-refractivity contribution in [1.29, 1.82) is 0 Å². The summed E-state index contributed by atoms with van der Waals surface area (Å²) in [7, 11) is -3.62. The average molecular weight is 435 g/mol. The number of hydrogen-bond acceptors (Lipinski definition) is 4. The third-order valence-electron chi connectivity index (χ3n) is 9.98. The Morgan fingerprint density at radius 2 is 1.83 bits per heavy atom. The van der Waals surface area contributed by atoms with Gasteiger partial charge in [0.1, 0.15) is 5.78 Å². The fraction of sp³-hybridized carbons (Fsp3) is 0.800. The molecule has 0 aromatic carbocycles. The molecule has 168 valence electrons. The Balaban J connectivity index is 1.91. The molecule has 0 amide bonds. The van der Waals surface area contributed by atoms with Crippen LogP contribution in [-0.4, -0.2) is 27.1 Å². The minimum atomic E-state index is -3.62. The van der Waals surface area contributed by atoms with Crippen molar-refractivity contribution in [2.24, 2.45) is 39.9 Å². The van der Waals surface area contributed by atoms with Gasteiger partial charge in [0.15, 0.2) is 0 Å². The molecule has 7 atom stereocenters. The van der Waals surface area contributed by atoms with E-state index in [-0.39, 0.29) is 29.1 Å². The van der Waals surface area contributed by atoms with Gasteiger partial charge in [-0.05, 0) is 78.3 Å². The van der Waals surface area contributed by atoms with Crippen LogP contribution in [0.3, 0.4) is 0 Å². The quantitative estimate of drug-likeness (QED) is 0.551. The first-order valence-corrected chi connectivity index (χ1v) is 13.6. The number of Topliss-reactive ketones (excluding diaryl/α,β-unsaturated/α-hetero) is 1. The Hall–Kier alpha value is -0.940. The lowest BCUT2D eigenvalue weighted by Gasteiger charge is -2.70. The van der Waals surface area contributed by atoms with Crippen molar-refractivity contribution >= 4 is 15.9 Å². The van der Waals surface area contributed by atoms with E-state index in [0.29, 0.717) is 11.8 Å². The smallest absolute Gasteiger partial charge is 0.264 e. The second-order valence-corrected chi connectivity index (χ2v) is 12.5. The van der Waals surface area contributed by atoms with E-state index >= 15 is 0 Å². The molecule has 5 heteroatoms. The van der Waals surface area contributed by atoms with Crippen molar-refractivity contribution < 1.29 is 17.4 Å². The predicted molar refractivity (Wildman–Crippen MR) is 119 cm³/mol. The predicted octanol–water partition coefficient (Wildman–Crippen LogP) is 5.30. The molecule has 5 aliphatic rings. The van der Waals surface area contributed by atoms with E-state index in [4.69, 9.17) is 4.18 Å². The van der Waals surface area contributed by atoms with Crippen LogP contribution in [0, 0.1) is 39.9 Å². The number of rotatable bonds is 5. The SMILES string of the molecule is C=C1C(=C)[C@]23CC[C@H]1CC2[C@]1(CC)CCC[C@@](C)(CC)C1C(COS(C)(=O)=O)C3=O. The molecule has 1 spiro atoms. The molecular weight excluding hydrogens is 396 g/mol. The maximum absolute atomic E-state index is 14.4. The lowest BCUT2D eigenvalue weighted by Crippen LogP contribution is -2.68. The van der Waals surface area contributed by atoms with Crippen molar-refractivity contribution in [2.45, 2.75) is 72.1 Å². The Labute approximate surface area is 182 Å². The standard InChI is InChI=1S/C25H38O4S/c1-7-23(5)11-9-12-24(8-2)20-14-18-10-13-25(20,17(4)16(18)3)22(26)19(21(23)24)15-29-30(6,27)28/h18-21H,3-4,7-15H2,1-2,5-6H3/t18-,19?,20?,21?,23+,24-,25+/m0/s1. The van der Waals surface area contributed by atoms with Crippen molar-refractivity contribution in [3.8, 4) is 0 Å². The molecule has 5 saturated carbocycles. The van der Waals surface area contributed by atoms with E-state index in [0.717, 1.165) is 62.3 Å². The second-order valence-electron chi connectivity index (χ2n) is 10.9. The number of carbonyl (C=O) groups is 1. The van der Waals surface area contributed by atoms with Crippen LogP contribution in [0.25, 0.3) is 0 Å². The fourth-order valence-corrected chi connectivity index (χ4v) is 8.95. The molecule has 0 saturated heterocycles. The Kier molecular flexibility index (Phi) is 5.22. The summed E-state index contributed by atoms with van der Waals surface area (Å²) in [6, 6.07) is 0. The molecule has 5 rings (SSSR count). The van der Waals surface area contributed by atoms with Gasteiger partial charge in [-0.2, -0.15) is 8.42 Å². The van der Waals surface area contributed by atoms with Gasteiger partial charge in [0, 0.05) is 5.92 Å². The number of hydrogen-bond donors (Lipinski definition) is 0. The molecule has 5 fully saturated rings. The van der Waals surface area contributed by atoms with Crippen molar-refractivity contribution in [2.75, 3.05) is 12.9 Å². The minimum absolute atomic E-state index is 0.0199.